The smallest absolute Gasteiger partial charge is 0.306 e. The third kappa shape index (κ3) is 69.8. The summed E-state index contributed by atoms with van der Waals surface area (Å²) in [5.41, 5.74) is 0. The Morgan fingerprint density at radius 3 is 0.699 bits per heavy atom. The van der Waals surface area contributed by atoms with E-state index < -0.39 is 6.10 Å². The van der Waals surface area contributed by atoms with E-state index >= 15 is 0 Å². The second-order valence-electron chi connectivity index (χ2n) is 24.9. The van der Waals surface area contributed by atoms with Gasteiger partial charge in [-0.3, -0.25) is 14.4 Å². The molecule has 6 heteroatoms. The van der Waals surface area contributed by atoms with E-state index in [0.29, 0.717) is 19.3 Å². The van der Waals surface area contributed by atoms with E-state index in [0.717, 1.165) is 96.3 Å². The Morgan fingerprint density at radius 1 is 0.241 bits per heavy atom. The molecule has 0 aromatic rings. The number of carbonyl (C=O) groups is 3. The number of unbranched alkanes of at least 4 members (excludes halogenated alkanes) is 47. The van der Waals surface area contributed by atoms with Gasteiger partial charge in [-0.1, -0.05) is 345 Å². The van der Waals surface area contributed by atoms with Gasteiger partial charge in [0.1, 0.15) is 13.2 Å². The molecular weight excluding hydrogens is 1020 g/mol. The molecule has 0 spiro atoms. The number of carbonyl (C=O) groups excluding carboxylic acids is 3. The molecule has 0 aromatic heterocycles. The van der Waals surface area contributed by atoms with Crippen LogP contribution in [0.25, 0.3) is 0 Å². The number of hydrogen-bond acceptors (Lipinski definition) is 6. The molecule has 0 aromatic carbocycles. The van der Waals surface area contributed by atoms with Gasteiger partial charge in [0.15, 0.2) is 6.10 Å². The average molecular weight is 1160 g/mol. The molecule has 0 rings (SSSR count). The fourth-order valence-corrected chi connectivity index (χ4v) is 11.0. The largest absolute Gasteiger partial charge is 0.462 e. The summed E-state index contributed by atoms with van der Waals surface area (Å²) < 4.78 is 17.0. The molecule has 0 fully saturated rings. The van der Waals surface area contributed by atoms with Crippen molar-refractivity contribution in [1.82, 2.24) is 0 Å². The molecule has 484 valence electrons. The third-order valence-corrected chi connectivity index (χ3v) is 16.5. The summed E-state index contributed by atoms with van der Waals surface area (Å²) >= 11 is 0. The fourth-order valence-electron chi connectivity index (χ4n) is 11.0. The Morgan fingerprint density at radius 2 is 0.434 bits per heavy atom. The predicted molar refractivity (Wildman–Crippen MR) is 362 cm³/mol. The number of esters is 3. The minimum atomic E-state index is -0.786. The van der Waals surface area contributed by atoms with Crippen molar-refractivity contribution in [2.24, 2.45) is 0 Å². The summed E-state index contributed by atoms with van der Waals surface area (Å²) in [4.78, 5) is 38.5. The molecule has 1 unspecified atom stereocenters. The quantitative estimate of drug-likeness (QED) is 0.0261. The number of hydrogen-bond donors (Lipinski definition) is 0. The highest BCUT2D eigenvalue weighted by Crippen LogP contribution is 2.18. The second kappa shape index (κ2) is 71.6. The molecule has 6 nitrogen and oxygen atoms in total. The average Bonchev–Trinajstić information content (AvgIpc) is 3.50. The highest BCUT2D eigenvalue weighted by Gasteiger charge is 2.19. The zero-order valence-electron chi connectivity index (χ0n) is 55.7. The van der Waals surface area contributed by atoms with Crippen molar-refractivity contribution in [2.75, 3.05) is 13.2 Å². The van der Waals surface area contributed by atoms with Crippen LogP contribution >= 0.6 is 0 Å². The minimum absolute atomic E-state index is 0.0787. The Hall–Kier alpha value is -2.89. The molecule has 0 aliphatic heterocycles. The Bertz CT molecular complexity index is 1470. The predicted octanol–water partition coefficient (Wildman–Crippen LogP) is 25.5. The molecule has 0 saturated heterocycles. The van der Waals surface area contributed by atoms with Gasteiger partial charge in [0.25, 0.3) is 0 Å². The maximum atomic E-state index is 13.0. The standard InChI is InChI=1S/C77H140O6/c1-4-7-10-13-16-19-22-25-28-31-33-35-36-37-38-39-40-42-43-46-49-52-55-58-61-64-67-70-76(79)82-73-74(72-81-75(78)69-66-63-60-57-54-51-48-45-30-27-24-21-18-15-12-9-6-3)83-77(80)71-68-65-62-59-56-53-50-47-44-41-34-32-29-26-23-20-17-14-11-8-5-2/h18,21,23,26-27,30,32,34,44,47,74H,4-17,19-20,22,24-25,28-29,31,33,35-43,45-46,48-73H2,1-3H3/b21-18-,26-23-,30-27-,34-32-,47-44-. The van der Waals surface area contributed by atoms with Gasteiger partial charge in [-0.2, -0.15) is 0 Å². The van der Waals surface area contributed by atoms with Gasteiger partial charge in [-0.25, -0.2) is 0 Å². The van der Waals surface area contributed by atoms with Crippen LogP contribution in [0.15, 0.2) is 60.8 Å². The lowest BCUT2D eigenvalue weighted by atomic mass is 10.0. The van der Waals surface area contributed by atoms with Crippen LogP contribution in [-0.4, -0.2) is 37.2 Å². The van der Waals surface area contributed by atoms with Crippen LogP contribution in [0.5, 0.6) is 0 Å². The molecular formula is C77H140O6. The second-order valence-corrected chi connectivity index (χ2v) is 24.9. The highest BCUT2D eigenvalue weighted by molar-refractivity contribution is 5.71. The summed E-state index contributed by atoms with van der Waals surface area (Å²) in [5, 5.41) is 0. The first kappa shape index (κ1) is 80.1. The molecule has 0 radical (unpaired) electrons. The monoisotopic (exact) mass is 1160 g/mol. The van der Waals surface area contributed by atoms with Gasteiger partial charge in [0.05, 0.1) is 0 Å². The van der Waals surface area contributed by atoms with E-state index in [-0.39, 0.29) is 31.1 Å². The van der Waals surface area contributed by atoms with E-state index in [9.17, 15) is 14.4 Å². The fraction of sp³-hybridized carbons (Fsp3) is 0.831. The van der Waals surface area contributed by atoms with Crippen LogP contribution in [-0.2, 0) is 28.6 Å². The topological polar surface area (TPSA) is 78.9 Å². The van der Waals surface area contributed by atoms with Gasteiger partial charge in [0.2, 0.25) is 0 Å². The van der Waals surface area contributed by atoms with Crippen molar-refractivity contribution in [3.63, 3.8) is 0 Å². The Labute approximate surface area is 517 Å². The van der Waals surface area contributed by atoms with E-state index in [1.165, 1.54) is 257 Å². The molecule has 0 amide bonds. The zero-order chi connectivity index (χ0) is 59.9. The van der Waals surface area contributed by atoms with E-state index in [1.807, 2.05) is 0 Å². The summed E-state index contributed by atoms with van der Waals surface area (Å²) in [6, 6.07) is 0. The molecule has 0 saturated carbocycles. The molecule has 0 aliphatic carbocycles. The van der Waals surface area contributed by atoms with Crippen molar-refractivity contribution >= 4 is 17.9 Å². The Balaban J connectivity index is 4.30. The zero-order valence-corrected chi connectivity index (χ0v) is 55.7. The van der Waals surface area contributed by atoms with Crippen molar-refractivity contribution in [2.45, 2.75) is 399 Å². The number of ether oxygens (including phenoxy) is 3. The van der Waals surface area contributed by atoms with Crippen LogP contribution in [0.1, 0.15) is 393 Å². The molecule has 0 heterocycles. The third-order valence-electron chi connectivity index (χ3n) is 16.5. The summed E-state index contributed by atoms with van der Waals surface area (Å²) in [6.07, 6.45) is 92.5. The van der Waals surface area contributed by atoms with Crippen molar-refractivity contribution in [3.8, 4) is 0 Å². The lowest BCUT2D eigenvalue weighted by molar-refractivity contribution is -0.167. The molecule has 0 bridgehead atoms. The minimum Gasteiger partial charge on any atom is -0.462 e. The lowest BCUT2D eigenvalue weighted by Crippen LogP contribution is -2.30. The van der Waals surface area contributed by atoms with Crippen LogP contribution in [0.3, 0.4) is 0 Å². The number of allylic oxidation sites excluding steroid dienone is 10. The van der Waals surface area contributed by atoms with E-state index in [4.69, 9.17) is 14.2 Å². The van der Waals surface area contributed by atoms with Gasteiger partial charge in [0, 0.05) is 19.3 Å². The van der Waals surface area contributed by atoms with Crippen LogP contribution < -0.4 is 0 Å². The first-order valence-electron chi connectivity index (χ1n) is 36.8. The molecule has 83 heavy (non-hydrogen) atoms. The number of rotatable bonds is 68. The van der Waals surface area contributed by atoms with Gasteiger partial charge >= 0.3 is 17.9 Å². The van der Waals surface area contributed by atoms with Gasteiger partial charge < -0.3 is 14.2 Å². The van der Waals surface area contributed by atoms with Crippen LogP contribution in [0, 0.1) is 0 Å². The first-order chi connectivity index (χ1) is 41.0. The summed E-state index contributed by atoms with van der Waals surface area (Å²) in [7, 11) is 0. The maximum absolute atomic E-state index is 13.0. The summed E-state index contributed by atoms with van der Waals surface area (Å²) in [6.45, 7) is 6.66. The van der Waals surface area contributed by atoms with E-state index in [1.54, 1.807) is 0 Å². The van der Waals surface area contributed by atoms with E-state index in [2.05, 4.69) is 81.5 Å². The Kier molecular flexibility index (Phi) is 69.1. The van der Waals surface area contributed by atoms with Gasteiger partial charge in [-0.05, 0) is 89.9 Å². The highest BCUT2D eigenvalue weighted by atomic mass is 16.6. The van der Waals surface area contributed by atoms with Gasteiger partial charge in [-0.15, -0.1) is 0 Å². The van der Waals surface area contributed by atoms with Crippen molar-refractivity contribution in [1.29, 1.82) is 0 Å². The molecule has 0 N–H and O–H groups in total. The van der Waals surface area contributed by atoms with Crippen molar-refractivity contribution in [3.05, 3.63) is 60.8 Å². The molecule has 0 aliphatic rings. The summed E-state index contributed by atoms with van der Waals surface area (Å²) in [5.74, 6) is -0.874. The SMILES string of the molecule is CCCCC/C=C\C/C=C\CCCCCCCCCC(=O)OCC(COC(=O)CCCCCCCCCCCCCCCCCCCCCCCCCCCCC)OC(=O)CCCCCCCC/C=C\C/C=C\C/C=C\CCCCCCC. The maximum Gasteiger partial charge on any atom is 0.306 e. The first-order valence-corrected chi connectivity index (χ1v) is 36.8. The van der Waals surface area contributed by atoms with Crippen LogP contribution in [0.2, 0.25) is 0 Å². The lowest BCUT2D eigenvalue weighted by Gasteiger charge is -2.18. The normalized spacial score (nSPS) is 12.4. The van der Waals surface area contributed by atoms with Crippen molar-refractivity contribution < 1.29 is 28.6 Å². The van der Waals surface area contributed by atoms with Crippen LogP contribution in [0.4, 0.5) is 0 Å². The molecule has 1 atom stereocenters.